The molecule has 1 aliphatic heterocycles. The zero-order valence-electron chi connectivity index (χ0n) is 15.7. The summed E-state index contributed by atoms with van der Waals surface area (Å²) in [5, 5.41) is 3.05. The molecule has 0 atom stereocenters. The highest BCUT2D eigenvalue weighted by atomic mass is 16.5. The molecule has 5 heteroatoms. The summed E-state index contributed by atoms with van der Waals surface area (Å²) < 4.78 is 5.47. The lowest BCUT2D eigenvalue weighted by atomic mass is 9.88. The Morgan fingerprint density at radius 3 is 2.46 bits per heavy atom. The van der Waals surface area contributed by atoms with Crippen LogP contribution in [0.25, 0.3) is 0 Å². The van der Waals surface area contributed by atoms with Gasteiger partial charge in [0.2, 0.25) is 11.8 Å². The SMILES string of the molecule is COc1ccccc1C1CCN(C(=O)CCC(=O)NC2CCCC2)CC1. The summed E-state index contributed by atoms with van der Waals surface area (Å²) in [4.78, 5) is 26.3. The van der Waals surface area contributed by atoms with Crippen molar-refractivity contribution in [1.82, 2.24) is 10.2 Å². The van der Waals surface area contributed by atoms with Crippen LogP contribution in [0.2, 0.25) is 0 Å². The van der Waals surface area contributed by atoms with E-state index in [1.54, 1.807) is 7.11 Å². The summed E-state index contributed by atoms with van der Waals surface area (Å²) in [7, 11) is 1.70. The van der Waals surface area contributed by atoms with E-state index in [4.69, 9.17) is 4.74 Å². The number of hydrogen-bond donors (Lipinski definition) is 1. The minimum atomic E-state index is 0.0224. The molecule has 3 rings (SSSR count). The van der Waals surface area contributed by atoms with Gasteiger partial charge in [-0.2, -0.15) is 0 Å². The summed E-state index contributed by atoms with van der Waals surface area (Å²) in [5.41, 5.74) is 1.23. The van der Waals surface area contributed by atoms with Crippen LogP contribution in [-0.2, 0) is 9.59 Å². The van der Waals surface area contributed by atoms with E-state index in [9.17, 15) is 9.59 Å². The van der Waals surface area contributed by atoms with Gasteiger partial charge in [-0.3, -0.25) is 9.59 Å². The number of nitrogens with one attached hydrogen (secondary N) is 1. The second-order valence-electron chi connectivity index (χ2n) is 7.45. The Bertz CT molecular complexity index is 617. The lowest BCUT2D eigenvalue weighted by molar-refractivity contribution is -0.134. The molecule has 1 aromatic carbocycles. The summed E-state index contributed by atoms with van der Waals surface area (Å²) in [6, 6.07) is 8.47. The molecule has 0 bridgehead atoms. The number of piperidine rings is 1. The van der Waals surface area contributed by atoms with Gasteiger partial charge >= 0.3 is 0 Å². The van der Waals surface area contributed by atoms with Crippen molar-refractivity contribution < 1.29 is 14.3 Å². The summed E-state index contributed by atoms with van der Waals surface area (Å²) in [6.07, 6.45) is 7.07. The molecule has 0 spiro atoms. The molecule has 5 nitrogen and oxygen atoms in total. The third-order valence-corrected chi connectivity index (χ3v) is 5.71. The van der Waals surface area contributed by atoms with E-state index in [1.165, 1.54) is 18.4 Å². The Hall–Kier alpha value is -2.04. The van der Waals surface area contributed by atoms with Crippen LogP contribution in [0.15, 0.2) is 24.3 Å². The van der Waals surface area contributed by atoms with Gasteiger partial charge in [0.1, 0.15) is 5.75 Å². The lowest BCUT2D eigenvalue weighted by Crippen LogP contribution is -2.39. The Morgan fingerprint density at radius 1 is 1.08 bits per heavy atom. The first-order valence-electron chi connectivity index (χ1n) is 9.87. The zero-order chi connectivity index (χ0) is 18.4. The molecule has 2 amide bonds. The molecule has 26 heavy (non-hydrogen) atoms. The molecule has 2 fully saturated rings. The number of benzene rings is 1. The molecular weight excluding hydrogens is 328 g/mol. The van der Waals surface area contributed by atoms with Crippen LogP contribution in [-0.4, -0.2) is 43.0 Å². The van der Waals surface area contributed by atoms with Gasteiger partial charge < -0.3 is 15.0 Å². The van der Waals surface area contributed by atoms with E-state index in [0.29, 0.717) is 24.8 Å². The van der Waals surface area contributed by atoms with E-state index in [-0.39, 0.29) is 11.8 Å². The summed E-state index contributed by atoms with van der Waals surface area (Å²) >= 11 is 0. The van der Waals surface area contributed by atoms with Crippen molar-refractivity contribution in [3.05, 3.63) is 29.8 Å². The van der Waals surface area contributed by atoms with Crippen LogP contribution >= 0.6 is 0 Å². The Kier molecular flexibility index (Phi) is 6.53. The van der Waals surface area contributed by atoms with Crippen molar-refractivity contribution in [1.29, 1.82) is 0 Å². The number of ether oxygens (including phenoxy) is 1. The van der Waals surface area contributed by atoms with Crippen molar-refractivity contribution in [2.75, 3.05) is 20.2 Å². The molecule has 0 unspecified atom stereocenters. The highest BCUT2D eigenvalue weighted by molar-refractivity contribution is 5.84. The first kappa shape index (κ1) is 18.7. The van der Waals surface area contributed by atoms with Crippen LogP contribution in [0.5, 0.6) is 5.75 Å². The minimum absolute atomic E-state index is 0.0224. The number of methoxy groups -OCH3 is 1. The van der Waals surface area contributed by atoms with E-state index < -0.39 is 0 Å². The predicted octanol–water partition coefficient (Wildman–Crippen LogP) is 3.24. The van der Waals surface area contributed by atoms with Crippen molar-refractivity contribution in [3.63, 3.8) is 0 Å². The van der Waals surface area contributed by atoms with Gasteiger partial charge in [0.15, 0.2) is 0 Å². The highest BCUT2D eigenvalue weighted by Gasteiger charge is 2.26. The number of rotatable bonds is 6. The van der Waals surface area contributed by atoms with Gasteiger partial charge in [0.25, 0.3) is 0 Å². The molecule has 0 radical (unpaired) electrons. The fourth-order valence-electron chi connectivity index (χ4n) is 4.19. The maximum absolute atomic E-state index is 12.4. The number of para-hydroxylation sites is 1. The highest BCUT2D eigenvalue weighted by Crippen LogP contribution is 2.34. The fraction of sp³-hybridized carbons (Fsp3) is 0.619. The van der Waals surface area contributed by atoms with Crippen LogP contribution < -0.4 is 10.1 Å². The summed E-state index contributed by atoms with van der Waals surface area (Å²) in [6.45, 7) is 1.51. The third-order valence-electron chi connectivity index (χ3n) is 5.71. The molecule has 1 N–H and O–H groups in total. The van der Waals surface area contributed by atoms with Crippen LogP contribution in [0, 0.1) is 0 Å². The van der Waals surface area contributed by atoms with Crippen molar-refractivity contribution in [2.45, 2.75) is 63.3 Å². The molecule has 1 heterocycles. The number of carbonyl (C=O) groups excluding carboxylic acids is 2. The van der Waals surface area contributed by atoms with E-state index in [2.05, 4.69) is 11.4 Å². The molecule has 0 aromatic heterocycles. The Balaban J connectivity index is 1.42. The van der Waals surface area contributed by atoms with Gasteiger partial charge in [-0.25, -0.2) is 0 Å². The van der Waals surface area contributed by atoms with E-state index >= 15 is 0 Å². The van der Waals surface area contributed by atoms with Gasteiger partial charge in [-0.1, -0.05) is 31.0 Å². The molecule has 142 valence electrons. The van der Waals surface area contributed by atoms with Gasteiger partial charge in [0, 0.05) is 32.0 Å². The molecule has 1 aliphatic carbocycles. The largest absolute Gasteiger partial charge is 0.496 e. The van der Waals surface area contributed by atoms with E-state index in [1.807, 2.05) is 23.1 Å². The standard InChI is InChI=1S/C21H30N2O3/c1-26-19-9-5-4-8-18(19)16-12-14-23(15-13-16)21(25)11-10-20(24)22-17-6-2-3-7-17/h4-5,8-9,16-17H,2-3,6-7,10-15H2,1H3,(H,22,24). The molecule has 1 saturated carbocycles. The lowest BCUT2D eigenvalue weighted by Gasteiger charge is -2.32. The van der Waals surface area contributed by atoms with Gasteiger partial charge in [-0.15, -0.1) is 0 Å². The van der Waals surface area contributed by atoms with Crippen molar-refractivity contribution >= 4 is 11.8 Å². The quantitative estimate of drug-likeness (QED) is 0.849. The van der Waals surface area contributed by atoms with Gasteiger partial charge in [-0.05, 0) is 43.2 Å². The van der Waals surface area contributed by atoms with Crippen LogP contribution in [0.1, 0.15) is 62.8 Å². The second kappa shape index (κ2) is 9.06. The third kappa shape index (κ3) is 4.77. The van der Waals surface area contributed by atoms with Crippen molar-refractivity contribution in [2.24, 2.45) is 0 Å². The summed E-state index contributed by atoms with van der Waals surface area (Å²) in [5.74, 6) is 1.49. The topological polar surface area (TPSA) is 58.6 Å². The normalized spacial score (nSPS) is 18.7. The Labute approximate surface area is 156 Å². The zero-order valence-corrected chi connectivity index (χ0v) is 15.7. The monoisotopic (exact) mass is 358 g/mol. The maximum Gasteiger partial charge on any atom is 0.223 e. The number of carbonyl (C=O) groups is 2. The van der Waals surface area contributed by atoms with Crippen molar-refractivity contribution in [3.8, 4) is 5.75 Å². The van der Waals surface area contributed by atoms with Crippen LogP contribution in [0.4, 0.5) is 0 Å². The molecule has 1 aromatic rings. The average Bonchev–Trinajstić information content (AvgIpc) is 3.19. The number of likely N-dealkylation sites (tertiary alicyclic amines) is 1. The molecule has 2 aliphatic rings. The average molecular weight is 358 g/mol. The van der Waals surface area contributed by atoms with Crippen LogP contribution in [0.3, 0.4) is 0 Å². The number of nitrogens with zero attached hydrogens (tertiary/aromatic N) is 1. The molecule has 1 saturated heterocycles. The molecular formula is C21H30N2O3. The second-order valence-corrected chi connectivity index (χ2v) is 7.45. The number of hydrogen-bond acceptors (Lipinski definition) is 3. The Morgan fingerprint density at radius 2 is 1.77 bits per heavy atom. The maximum atomic E-state index is 12.4. The smallest absolute Gasteiger partial charge is 0.223 e. The van der Waals surface area contributed by atoms with Gasteiger partial charge in [0.05, 0.1) is 7.11 Å². The van der Waals surface area contributed by atoms with E-state index in [0.717, 1.165) is 44.5 Å². The first-order valence-corrected chi connectivity index (χ1v) is 9.87. The predicted molar refractivity (Wildman–Crippen MR) is 101 cm³/mol. The minimum Gasteiger partial charge on any atom is -0.496 e. The first-order chi connectivity index (χ1) is 12.7. The number of amides is 2. The fourth-order valence-corrected chi connectivity index (χ4v) is 4.19.